The van der Waals surface area contributed by atoms with Crippen molar-refractivity contribution in [2.24, 2.45) is 5.10 Å². The second-order valence-electron chi connectivity index (χ2n) is 4.91. The van der Waals surface area contributed by atoms with Crippen molar-refractivity contribution in [3.8, 4) is 5.69 Å². The van der Waals surface area contributed by atoms with Gasteiger partial charge in [-0.3, -0.25) is 5.43 Å². The predicted octanol–water partition coefficient (Wildman–Crippen LogP) is 3.93. The van der Waals surface area contributed by atoms with E-state index in [9.17, 15) is 0 Å². The van der Waals surface area contributed by atoms with Crippen molar-refractivity contribution < 1.29 is 0 Å². The molecule has 4 aromatic rings. The lowest BCUT2D eigenvalue weighted by molar-refractivity contribution is 0.880. The van der Waals surface area contributed by atoms with Crippen LogP contribution in [0.1, 0.15) is 5.56 Å². The van der Waals surface area contributed by atoms with Gasteiger partial charge in [-0.25, -0.2) is 9.67 Å². The van der Waals surface area contributed by atoms with Crippen LogP contribution in [0.2, 0.25) is 0 Å². The maximum Gasteiger partial charge on any atom is 0.204 e. The molecule has 5 nitrogen and oxygen atoms in total. The smallest absolute Gasteiger partial charge is 0.204 e. The second kappa shape index (κ2) is 6.02. The summed E-state index contributed by atoms with van der Waals surface area (Å²) in [5.74, 6) is 0. The number of hydrazone groups is 1. The van der Waals surface area contributed by atoms with E-state index in [0.717, 1.165) is 26.6 Å². The summed E-state index contributed by atoms with van der Waals surface area (Å²) in [6.45, 7) is 0. The summed E-state index contributed by atoms with van der Waals surface area (Å²) in [5, 5.41) is 9.34. The molecule has 23 heavy (non-hydrogen) atoms. The van der Waals surface area contributed by atoms with Gasteiger partial charge in [0.25, 0.3) is 0 Å². The summed E-state index contributed by atoms with van der Waals surface area (Å²) < 4.78 is 2.96. The van der Waals surface area contributed by atoms with E-state index in [-0.39, 0.29) is 0 Å². The van der Waals surface area contributed by atoms with E-state index < -0.39 is 0 Å². The largest absolute Gasteiger partial charge is 0.253 e. The molecule has 6 heteroatoms. The van der Waals surface area contributed by atoms with E-state index in [1.165, 1.54) is 0 Å². The molecule has 0 amide bonds. The third kappa shape index (κ3) is 2.97. The first-order valence-corrected chi connectivity index (χ1v) is 7.95. The fourth-order valence-corrected chi connectivity index (χ4v) is 3.02. The van der Waals surface area contributed by atoms with Crippen LogP contribution in [0.4, 0.5) is 5.13 Å². The first-order chi connectivity index (χ1) is 11.4. The Balaban J connectivity index is 1.48. The Bertz CT molecular complexity index is 922. The molecule has 0 saturated carbocycles. The Labute approximate surface area is 136 Å². The van der Waals surface area contributed by atoms with Gasteiger partial charge in [0.2, 0.25) is 5.13 Å². The highest BCUT2D eigenvalue weighted by atomic mass is 32.1. The number of hydrogen-bond donors (Lipinski definition) is 1. The zero-order chi connectivity index (χ0) is 15.5. The number of nitrogens with zero attached hydrogens (tertiary/aromatic N) is 4. The average Bonchev–Trinajstić information content (AvgIpc) is 3.22. The first kappa shape index (κ1) is 13.7. The van der Waals surface area contributed by atoms with Crippen LogP contribution in [0.25, 0.3) is 15.9 Å². The van der Waals surface area contributed by atoms with Gasteiger partial charge in [0.05, 0.1) is 28.3 Å². The monoisotopic (exact) mass is 319 g/mol. The zero-order valence-corrected chi connectivity index (χ0v) is 12.9. The highest BCUT2D eigenvalue weighted by molar-refractivity contribution is 7.22. The molecule has 4 rings (SSSR count). The number of aromatic nitrogens is 3. The number of hydrogen-bond acceptors (Lipinski definition) is 5. The zero-order valence-electron chi connectivity index (χ0n) is 12.1. The third-order valence-electron chi connectivity index (χ3n) is 3.29. The van der Waals surface area contributed by atoms with Gasteiger partial charge in [-0.15, -0.1) is 0 Å². The SMILES string of the molecule is C(=N/Nc1nc2ccccc2s1)/c1cnn(-c2ccccc2)c1. The van der Waals surface area contributed by atoms with Crippen molar-refractivity contribution in [2.75, 3.05) is 5.43 Å². The number of rotatable bonds is 4. The van der Waals surface area contributed by atoms with Crippen molar-refractivity contribution in [3.63, 3.8) is 0 Å². The molecule has 112 valence electrons. The molecule has 0 atom stereocenters. The van der Waals surface area contributed by atoms with Crippen LogP contribution in [0, 0.1) is 0 Å². The maximum atomic E-state index is 4.47. The molecule has 0 aliphatic carbocycles. The molecular weight excluding hydrogens is 306 g/mol. The van der Waals surface area contributed by atoms with Crippen LogP contribution in [0.3, 0.4) is 0 Å². The Morgan fingerprint density at radius 1 is 1.04 bits per heavy atom. The van der Waals surface area contributed by atoms with Gasteiger partial charge in [-0.2, -0.15) is 10.2 Å². The van der Waals surface area contributed by atoms with Gasteiger partial charge in [-0.1, -0.05) is 41.7 Å². The fraction of sp³-hybridized carbons (Fsp3) is 0. The van der Waals surface area contributed by atoms with Crippen LogP contribution in [-0.2, 0) is 0 Å². The van der Waals surface area contributed by atoms with Crippen molar-refractivity contribution in [3.05, 3.63) is 72.6 Å². The lowest BCUT2D eigenvalue weighted by Crippen LogP contribution is -1.92. The average molecular weight is 319 g/mol. The van der Waals surface area contributed by atoms with Crippen molar-refractivity contribution in [1.29, 1.82) is 0 Å². The van der Waals surface area contributed by atoms with Gasteiger partial charge in [0.1, 0.15) is 0 Å². The number of benzene rings is 2. The quantitative estimate of drug-likeness (QED) is 0.458. The lowest BCUT2D eigenvalue weighted by atomic mass is 10.3. The van der Waals surface area contributed by atoms with Crippen molar-refractivity contribution in [1.82, 2.24) is 14.8 Å². The van der Waals surface area contributed by atoms with Crippen LogP contribution in [0.5, 0.6) is 0 Å². The van der Waals surface area contributed by atoms with E-state index >= 15 is 0 Å². The molecular formula is C17H13N5S. The van der Waals surface area contributed by atoms with Gasteiger partial charge in [0.15, 0.2) is 0 Å². The Kier molecular flexibility index (Phi) is 3.57. The van der Waals surface area contributed by atoms with Crippen LogP contribution < -0.4 is 5.43 Å². The number of anilines is 1. The molecule has 0 saturated heterocycles. The molecule has 0 fully saturated rings. The van der Waals surface area contributed by atoms with Crippen molar-refractivity contribution >= 4 is 32.9 Å². The minimum Gasteiger partial charge on any atom is -0.253 e. The summed E-state index contributed by atoms with van der Waals surface area (Å²) in [5.41, 5.74) is 5.89. The Hall–Kier alpha value is -2.99. The maximum absolute atomic E-state index is 4.47. The molecule has 2 heterocycles. The normalized spacial score (nSPS) is 11.3. The third-order valence-corrected chi connectivity index (χ3v) is 4.23. The summed E-state index contributed by atoms with van der Waals surface area (Å²) >= 11 is 1.58. The molecule has 2 aromatic heterocycles. The number of para-hydroxylation sites is 2. The predicted molar refractivity (Wildman–Crippen MR) is 94.4 cm³/mol. The van der Waals surface area contributed by atoms with E-state index in [0.29, 0.717) is 0 Å². The molecule has 0 aliphatic rings. The van der Waals surface area contributed by atoms with Gasteiger partial charge in [-0.05, 0) is 24.3 Å². The highest BCUT2D eigenvalue weighted by Crippen LogP contribution is 2.25. The van der Waals surface area contributed by atoms with E-state index in [4.69, 9.17) is 0 Å². The first-order valence-electron chi connectivity index (χ1n) is 7.13. The summed E-state index contributed by atoms with van der Waals surface area (Å²) in [7, 11) is 0. The van der Waals surface area contributed by atoms with Crippen molar-refractivity contribution in [2.45, 2.75) is 0 Å². The molecule has 0 radical (unpaired) electrons. The molecule has 0 unspecified atom stereocenters. The summed E-state index contributed by atoms with van der Waals surface area (Å²) in [6.07, 6.45) is 5.44. The van der Waals surface area contributed by atoms with E-state index in [1.54, 1.807) is 23.7 Å². The van der Waals surface area contributed by atoms with E-state index in [2.05, 4.69) is 20.6 Å². The molecule has 0 aliphatic heterocycles. The fourth-order valence-electron chi connectivity index (χ4n) is 2.21. The molecule has 0 bridgehead atoms. The van der Waals surface area contributed by atoms with E-state index in [1.807, 2.05) is 65.5 Å². The number of nitrogens with one attached hydrogen (secondary N) is 1. The molecule has 2 aromatic carbocycles. The summed E-state index contributed by atoms with van der Waals surface area (Å²) in [6, 6.07) is 18.0. The van der Waals surface area contributed by atoms with Gasteiger partial charge in [0, 0.05) is 11.8 Å². The number of thiazole rings is 1. The van der Waals surface area contributed by atoms with Gasteiger partial charge < -0.3 is 0 Å². The van der Waals surface area contributed by atoms with Crippen LogP contribution >= 0.6 is 11.3 Å². The minimum absolute atomic E-state index is 0.776. The van der Waals surface area contributed by atoms with Crippen LogP contribution in [0.15, 0.2) is 72.1 Å². The highest BCUT2D eigenvalue weighted by Gasteiger charge is 2.01. The number of fused-ring (bicyclic) bond motifs is 1. The topological polar surface area (TPSA) is 55.1 Å². The standard InChI is InChI=1S/C17H13N5S/c1-2-6-14(7-3-1)22-12-13(11-19-22)10-18-21-17-20-15-8-4-5-9-16(15)23-17/h1-12H,(H,20,21)/b18-10-. The summed E-state index contributed by atoms with van der Waals surface area (Å²) in [4.78, 5) is 4.47. The molecule has 0 spiro atoms. The Morgan fingerprint density at radius 3 is 2.74 bits per heavy atom. The van der Waals surface area contributed by atoms with Crippen LogP contribution in [-0.4, -0.2) is 21.0 Å². The Morgan fingerprint density at radius 2 is 1.87 bits per heavy atom. The van der Waals surface area contributed by atoms with Gasteiger partial charge >= 0.3 is 0 Å². The lowest BCUT2D eigenvalue weighted by Gasteiger charge is -1.98. The molecule has 1 N–H and O–H groups in total. The second-order valence-corrected chi connectivity index (χ2v) is 5.94. The minimum atomic E-state index is 0.776.